The number of amides is 1. The monoisotopic (exact) mass is 657 g/mol. The highest BCUT2D eigenvalue weighted by Gasteiger charge is 2.42. The van der Waals surface area contributed by atoms with Crippen LogP contribution >= 0.6 is 12.0 Å². The van der Waals surface area contributed by atoms with Crippen LogP contribution in [0.5, 0.6) is 5.75 Å². The first-order valence-corrected chi connectivity index (χ1v) is 17.5. The van der Waals surface area contributed by atoms with E-state index in [9.17, 15) is 4.79 Å². The van der Waals surface area contributed by atoms with Crippen molar-refractivity contribution in [2.45, 2.75) is 43.0 Å². The Balaban J connectivity index is 1.16. The average Bonchev–Trinajstić information content (AvgIpc) is 3.63. The van der Waals surface area contributed by atoms with E-state index in [-0.39, 0.29) is 11.3 Å². The van der Waals surface area contributed by atoms with Crippen LogP contribution in [0.15, 0.2) is 77.7 Å². The number of aromatic nitrogens is 2. The molecule has 0 spiro atoms. The van der Waals surface area contributed by atoms with E-state index < -0.39 is 0 Å². The minimum absolute atomic E-state index is 0.0100. The van der Waals surface area contributed by atoms with Crippen molar-refractivity contribution < 1.29 is 18.5 Å². The molecule has 47 heavy (non-hydrogen) atoms. The minimum Gasteiger partial charge on any atom is -0.496 e. The van der Waals surface area contributed by atoms with Crippen LogP contribution in [-0.4, -0.2) is 98.5 Å². The Morgan fingerprint density at radius 1 is 0.936 bits per heavy atom. The third kappa shape index (κ3) is 7.46. The highest BCUT2D eigenvalue weighted by atomic mass is 32.2. The van der Waals surface area contributed by atoms with Crippen LogP contribution in [0.25, 0.3) is 11.0 Å². The third-order valence-corrected chi connectivity index (χ3v) is 10.3. The molecule has 0 N–H and O–H groups in total. The normalized spacial score (nSPS) is 19.0. The molecule has 2 fully saturated rings. The van der Waals surface area contributed by atoms with Gasteiger partial charge in [-0.1, -0.05) is 42.5 Å². The maximum Gasteiger partial charge on any atom is 0.257 e. The molecule has 0 bridgehead atoms. The molecule has 1 atom stereocenters. The lowest BCUT2D eigenvalue weighted by atomic mass is 9.76. The number of nitrogens with zero attached hydrogens (tertiary/aromatic N) is 5. The molecular weight excluding hydrogens is 611 g/mol. The fourth-order valence-corrected chi connectivity index (χ4v) is 7.67. The number of imidazole rings is 1. The molecule has 0 saturated carbocycles. The summed E-state index contributed by atoms with van der Waals surface area (Å²) in [5, 5.41) is 0. The number of likely N-dealkylation sites (tertiary alicyclic amines) is 1. The van der Waals surface area contributed by atoms with Crippen LogP contribution in [0.2, 0.25) is 0 Å². The van der Waals surface area contributed by atoms with Crippen molar-refractivity contribution >= 4 is 34.9 Å². The van der Waals surface area contributed by atoms with E-state index in [1.165, 1.54) is 17.6 Å². The number of ether oxygens (including phenoxy) is 2. The lowest BCUT2D eigenvalue weighted by Crippen LogP contribution is -2.39. The van der Waals surface area contributed by atoms with Gasteiger partial charge in [-0.25, -0.2) is 4.98 Å². The maximum absolute atomic E-state index is 14.0. The Morgan fingerprint density at radius 3 is 2.57 bits per heavy atom. The molecule has 3 aromatic carbocycles. The molecule has 6 rings (SSSR count). The van der Waals surface area contributed by atoms with Crippen molar-refractivity contribution in [1.82, 2.24) is 19.4 Å². The Morgan fingerprint density at radius 2 is 1.77 bits per heavy atom. The number of fused-ring (bicyclic) bond motifs is 1. The Bertz CT molecular complexity index is 1630. The SMILES string of the molecule is CCOCCn1c(N2CCCN(CCC3(c4ccccc4)CCN(C(=O)c4cc(SOC)ccc4OC)C3)CC2)nc2ccccc21. The Hall–Kier alpha value is -3.57. The van der Waals surface area contributed by atoms with Crippen molar-refractivity contribution in [3.8, 4) is 5.75 Å². The molecule has 9 nitrogen and oxygen atoms in total. The van der Waals surface area contributed by atoms with Crippen molar-refractivity contribution in [1.29, 1.82) is 0 Å². The molecule has 3 heterocycles. The number of methoxy groups -OCH3 is 1. The zero-order chi connectivity index (χ0) is 32.6. The van der Waals surface area contributed by atoms with Gasteiger partial charge in [0.2, 0.25) is 5.95 Å². The van der Waals surface area contributed by atoms with Gasteiger partial charge < -0.3 is 32.9 Å². The largest absolute Gasteiger partial charge is 0.496 e. The zero-order valence-electron chi connectivity index (χ0n) is 27.9. The number of para-hydroxylation sites is 2. The molecule has 1 aromatic heterocycles. The predicted molar refractivity (Wildman–Crippen MR) is 189 cm³/mol. The van der Waals surface area contributed by atoms with Gasteiger partial charge >= 0.3 is 0 Å². The lowest BCUT2D eigenvalue weighted by molar-refractivity contribution is 0.0777. The predicted octanol–water partition coefficient (Wildman–Crippen LogP) is 6.12. The number of hydrogen-bond donors (Lipinski definition) is 0. The number of benzene rings is 3. The van der Waals surface area contributed by atoms with Crippen LogP contribution in [0, 0.1) is 0 Å². The summed E-state index contributed by atoms with van der Waals surface area (Å²) in [6.07, 6.45) is 3.00. The summed E-state index contributed by atoms with van der Waals surface area (Å²) in [6.45, 7) is 10.5. The van der Waals surface area contributed by atoms with Crippen LogP contribution in [-0.2, 0) is 20.9 Å². The van der Waals surface area contributed by atoms with Gasteiger partial charge in [-0.05, 0) is 75.2 Å². The van der Waals surface area contributed by atoms with Gasteiger partial charge in [-0.2, -0.15) is 0 Å². The van der Waals surface area contributed by atoms with Gasteiger partial charge in [-0.15, -0.1) is 0 Å². The van der Waals surface area contributed by atoms with Gasteiger partial charge in [-0.3, -0.25) is 4.79 Å². The molecule has 2 saturated heterocycles. The fourth-order valence-electron chi connectivity index (χ4n) is 7.19. The number of anilines is 1. The third-order valence-electron chi connectivity index (χ3n) is 9.68. The number of carbonyl (C=O) groups excluding carboxylic acids is 1. The van der Waals surface area contributed by atoms with E-state index in [1.807, 2.05) is 30.0 Å². The zero-order valence-corrected chi connectivity index (χ0v) is 28.7. The van der Waals surface area contributed by atoms with Crippen molar-refractivity contribution in [2.75, 3.05) is 78.1 Å². The molecule has 1 unspecified atom stereocenters. The molecule has 4 aromatic rings. The fraction of sp³-hybridized carbons (Fsp3) is 0.459. The Labute approximate surface area is 283 Å². The number of rotatable bonds is 13. The summed E-state index contributed by atoms with van der Waals surface area (Å²) in [5.41, 5.74) is 3.98. The topological polar surface area (TPSA) is 72.3 Å². The average molecular weight is 658 g/mol. The van der Waals surface area contributed by atoms with E-state index in [0.717, 1.165) is 80.4 Å². The van der Waals surface area contributed by atoms with Gasteiger partial charge in [0.15, 0.2) is 0 Å². The first kappa shape index (κ1) is 33.3. The van der Waals surface area contributed by atoms with Crippen LogP contribution in [0.1, 0.15) is 42.1 Å². The van der Waals surface area contributed by atoms with Gasteiger partial charge in [0.1, 0.15) is 5.75 Å². The molecular formula is C37H47N5O4S. The smallest absolute Gasteiger partial charge is 0.257 e. The molecule has 250 valence electrons. The first-order chi connectivity index (χ1) is 23.0. The van der Waals surface area contributed by atoms with Crippen LogP contribution in [0.3, 0.4) is 0 Å². The summed E-state index contributed by atoms with van der Waals surface area (Å²) < 4.78 is 18.9. The second-order valence-electron chi connectivity index (χ2n) is 12.4. The summed E-state index contributed by atoms with van der Waals surface area (Å²) in [7, 11) is 3.25. The minimum atomic E-state index is -0.109. The maximum atomic E-state index is 14.0. The van der Waals surface area contributed by atoms with Gasteiger partial charge in [0, 0.05) is 68.2 Å². The van der Waals surface area contributed by atoms with Gasteiger partial charge in [0.05, 0.1) is 37.4 Å². The standard InChI is InChI=1S/C37H47N5O4S/c1-4-46-26-25-42-33-14-9-8-13-32(33)38-36(42)40-20-10-19-39(23-24-40)21-17-37(29-11-6-5-7-12-29)18-22-41(28-37)35(43)31-27-30(47-45-3)15-16-34(31)44-2/h5-9,11-16,27H,4,10,17-26,28H2,1-3H3. The number of hydrogen-bond acceptors (Lipinski definition) is 8. The second-order valence-corrected chi connectivity index (χ2v) is 13.4. The summed E-state index contributed by atoms with van der Waals surface area (Å²) in [5.74, 6) is 1.64. The molecule has 2 aliphatic rings. The van der Waals surface area contributed by atoms with Gasteiger partial charge in [0.25, 0.3) is 5.91 Å². The summed E-state index contributed by atoms with van der Waals surface area (Å²) >= 11 is 1.25. The highest BCUT2D eigenvalue weighted by Crippen LogP contribution is 2.39. The van der Waals surface area contributed by atoms with E-state index in [0.29, 0.717) is 37.6 Å². The van der Waals surface area contributed by atoms with E-state index in [2.05, 4.69) is 69.0 Å². The van der Waals surface area contributed by atoms with Crippen LogP contribution < -0.4 is 9.64 Å². The van der Waals surface area contributed by atoms with Crippen LogP contribution in [0.4, 0.5) is 5.95 Å². The number of carbonyl (C=O) groups is 1. The van der Waals surface area contributed by atoms with Crippen molar-refractivity contribution in [3.63, 3.8) is 0 Å². The quantitative estimate of drug-likeness (QED) is 0.126. The molecule has 0 aliphatic carbocycles. The summed E-state index contributed by atoms with van der Waals surface area (Å²) in [6, 6.07) is 24.9. The molecule has 2 aliphatic heterocycles. The van der Waals surface area contributed by atoms with E-state index >= 15 is 0 Å². The first-order valence-electron chi connectivity index (χ1n) is 16.8. The summed E-state index contributed by atoms with van der Waals surface area (Å²) in [4.78, 5) is 27.0. The molecule has 10 heteroatoms. The molecule has 1 amide bonds. The molecule has 0 radical (unpaired) electrons. The van der Waals surface area contributed by atoms with Crippen molar-refractivity contribution in [2.24, 2.45) is 0 Å². The Kier molecular flexibility index (Phi) is 11.0. The second kappa shape index (κ2) is 15.6. The highest BCUT2D eigenvalue weighted by molar-refractivity contribution is 7.94. The van der Waals surface area contributed by atoms with E-state index in [4.69, 9.17) is 18.6 Å². The lowest BCUT2D eigenvalue weighted by Gasteiger charge is -2.33. The van der Waals surface area contributed by atoms with Crippen molar-refractivity contribution in [3.05, 3.63) is 83.9 Å². The van der Waals surface area contributed by atoms with E-state index in [1.54, 1.807) is 14.2 Å².